The average molecular weight is 762 g/mol. The number of aliphatic hydroxyl groups excluding tert-OH is 3. The number of aliphatic hydroxyl groups is 3. The summed E-state index contributed by atoms with van der Waals surface area (Å²) < 4.78 is 0. The largest absolute Gasteiger partial charge is 0.394 e. The molecule has 0 bridgehead atoms. The molecule has 5 nitrogen and oxygen atoms in total. The van der Waals surface area contributed by atoms with E-state index in [1.807, 2.05) is 6.08 Å². The van der Waals surface area contributed by atoms with E-state index in [0.717, 1.165) is 32.1 Å². The Morgan fingerprint density at radius 1 is 0.444 bits per heavy atom. The second kappa shape index (κ2) is 44.5. The maximum absolute atomic E-state index is 12.5. The molecule has 0 aromatic rings. The van der Waals surface area contributed by atoms with E-state index in [1.54, 1.807) is 6.08 Å². The van der Waals surface area contributed by atoms with E-state index in [9.17, 15) is 20.1 Å². The van der Waals surface area contributed by atoms with E-state index in [4.69, 9.17) is 0 Å². The molecule has 0 rings (SSSR count). The lowest BCUT2D eigenvalue weighted by Crippen LogP contribution is -2.48. The number of hydrogen-bond donors (Lipinski definition) is 4. The van der Waals surface area contributed by atoms with Crippen molar-refractivity contribution in [3.8, 4) is 0 Å². The summed E-state index contributed by atoms with van der Waals surface area (Å²) in [7, 11) is 0. The predicted molar refractivity (Wildman–Crippen MR) is 236 cm³/mol. The topological polar surface area (TPSA) is 89.8 Å². The summed E-state index contributed by atoms with van der Waals surface area (Å²) in [6.07, 6.45) is 55.1. The van der Waals surface area contributed by atoms with Crippen molar-refractivity contribution in [2.75, 3.05) is 6.61 Å². The van der Waals surface area contributed by atoms with Crippen LogP contribution in [0.3, 0.4) is 0 Å². The number of carbonyl (C=O) groups is 1. The van der Waals surface area contributed by atoms with Gasteiger partial charge in [-0.25, -0.2) is 0 Å². The number of amides is 1. The van der Waals surface area contributed by atoms with Gasteiger partial charge in [0, 0.05) is 0 Å². The van der Waals surface area contributed by atoms with Crippen LogP contribution in [0.15, 0.2) is 24.3 Å². The summed E-state index contributed by atoms with van der Waals surface area (Å²) in [6, 6.07) is -0.798. The van der Waals surface area contributed by atoms with E-state index in [0.29, 0.717) is 6.42 Å². The van der Waals surface area contributed by atoms with E-state index in [2.05, 4.69) is 31.3 Å². The molecule has 5 heteroatoms. The Bertz CT molecular complexity index is 799. The summed E-state index contributed by atoms with van der Waals surface area (Å²) in [5.74, 6) is -0.504. The highest BCUT2D eigenvalue weighted by atomic mass is 16.3. The molecule has 0 aliphatic carbocycles. The summed E-state index contributed by atoms with van der Waals surface area (Å²) in [6.45, 7) is 4.20. The molecule has 0 radical (unpaired) electrons. The van der Waals surface area contributed by atoms with E-state index in [-0.39, 0.29) is 6.61 Å². The fourth-order valence-electron chi connectivity index (χ4n) is 7.47. The van der Waals surface area contributed by atoms with Crippen molar-refractivity contribution in [2.45, 2.75) is 276 Å². The molecule has 0 saturated carbocycles. The number of hydrogen-bond acceptors (Lipinski definition) is 4. The fraction of sp³-hybridized carbons (Fsp3) is 0.898. The van der Waals surface area contributed by atoms with Crippen LogP contribution in [0.25, 0.3) is 0 Å². The van der Waals surface area contributed by atoms with Gasteiger partial charge in [0.05, 0.1) is 18.8 Å². The Morgan fingerprint density at radius 3 is 1.07 bits per heavy atom. The van der Waals surface area contributed by atoms with Crippen molar-refractivity contribution in [3.05, 3.63) is 24.3 Å². The second-order valence-corrected chi connectivity index (χ2v) is 16.7. The van der Waals surface area contributed by atoms with Gasteiger partial charge in [-0.2, -0.15) is 0 Å². The van der Waals surface area contributed by atoms with Gasteiger partial charge in [-0.05, 0) is 44.9 Å². The molecule has 3 unspecified atom stereocenters. The van der Waals surface area contributed by atoms with Crippen molar-refractivity contribution in [3.63, 3.8) is 0 Å². The maximum atomic E-state index is 12.5. The van der Waals surface area contributed by atoms with Gasteiger partial charge in [-0.15, -0.1) is 0 Å². The number of allylic oxidation sites excluding steroid dienone is 3. The average Bonchev–Trinajstić information content (AvgIpc) is 3.18. The van der Waals surface area contributed by atoms with E-state index < -0.39 is 24.2 Å². The molecule has 1 amide bonds. The Labute approximate surface area is 337 Å². The Hall–Kier alpha value is -1.17. The summed E-state index contributed by atoms with van der Waals surface area (Å²) in [5.41, 5.74) is 0. The van der Waals surface area contributed by atoms with Gasteiger partial charge in [-0.1, -0.05) is 237 Å². The molecular weight excluding hydrogens is 667 g/mol. The first-order valence-electron chi connectivity index (χ1n) is 24.2. The van der Waals surface area contributed by atoms with Crippen LogP contribution >= 0.6 is 0 Å². The van der Waals surface area contributed by atoms with Crippen LogP contribution in [0, 0.1) is 0 Å². The number of nitrogens with one attached hydrogen (secondary N) is 1. The molecule has 0 aromatic carbocycles. The highest BCUT2D eigenvalue weighted by Gasteiger charge is 2.22. The normalized spacial score (nSPS) is 13.6. The molecule has 0 aromatic heterocycles. The molecule has 4 N–H and O–H groups in total. The van der Waals surface area contributed by atoms with Crippen LogP contribution in [0.1, 0.15) is 258 Å². The summed E-state index contributed by atoms with van der Waals surface area (Å²) >= 11 is 0. The van der Waals surface area contributed by atoms with Gasteiger partial charge < -0.3 is 20.6 Å². The summed E-state index contributed by atoms with van der Waals surface area (Å²) in [4.78, 5) is 12.5. The molecule has 0 aliphatic heterocycles. The second-order valence-electron chi connectivity index (χ2n) is 16.7. The lowest BCUT2D eigenvalue weighted by atomic mass is 10.0. The molecule has 0 aliphatic rings. The smallest absolute Gasteiger partial charge is 0.249 e. The molecular formula is C49H95NO4. The van der Waals surface area contributed by atoms with Gasteiger partial charge in [0.1, 0.15) is 6.10 Å². The molecule has 0 fully saturated rings. The third-order valence-electron chi connectivity index (χ3n) is 11.3. The van der Waals surface area contributed by atoms with Crippen molar-refractivity contribution in [1.82, 2.24) is 5.32 Å². The Morgan fingerprint density at radius 2 is 0.741 bits per heavy atom. The van der Waals surface area contributed by atoms with Gasteiger partial charge in [0.15, 0.2) is 0 Å². The zero-order valence-corrected chi connectivity index (χ0v) is 36.4. The molecule has 0 saturated heterocycles. The minimum absolute atomic E-state index is 0.363. The first-order chi connectivity index (χ1) is 26.6. The van der Waals surface area contributed by atoms with Crippen molar-refractivity contribution < 1.29 is 20.1 Å². The highest BCUT2D eigenvalue weighted by molar-refractivity contribution is 5.80. The fourth-order valence-corrected chi connectivity index (χ4v) is 7.47. The zero-order valence-electron chi connectivity index (χ0n) is 36.4. The Kier molecular flexibility index (Phi) is 43.6. The first kappa shape index (κ1) is 52.8. The highest BCUT2D eigenvalue weighted by Crippen LogP contribution is 2.16. The first-order valence-corrected chi connectivity index (χ1v) is 24.2. The third-order valence-corrected chi connectivity index (χ3v) is 11.3. The predicted octanol–water partition coefficient (Wildman–Crippen LogP) is 14.2. The van der Waals surface area contributed by atoms with Crippen LogP contribution in [0.5, 0.6) is 0 Å². The van der Waals surface area contributed by atoms with E-state index in [1.165, 1.54) is 205 Å². The van der Waals surface area contributed by atoms with Gasteiger partial charge >= 0.3 is 0 Å². The minimum Gasteiger partial charge on any atom is -0.394 e. The van der Waals surface area contributed by atoms with Crippen LogP contribution < -0.4 is 5.32 Å². The Balaban J connectivity index is 3.63. The number of rotatable bonds is 44. The van der Waals surface area contributed by atoms with Crippen LogP contribution in [0.4, 0.5) is 0 Å². The molecule has 320 valence electrons. The van der Waals surface area contributed by atoms with Crippen molar-refractivity contribution >= 4 is 5.91 Å². The maximum Gasteiger partial charge on any atom is 0.249 e. The van der Waals surface area contributed by atoms with Crippen LogP contribution in [-0.4, -0.2) is 46.1 Å². The van der Waals surface area contributed by atoms with Gasteiger partial charge in [0.2, 0.25) is 5.91 Å². The number of unbranched alkanes of at least 4 members (excludes halogenated alkanes) is 34. The molecule has 54 heavy (non-hydrogen) atoms. The quantitative estimate of drug-likeness (QED) is 0.0368. The van der Waals surface area contributed by atoms with Gasteiger partial charge in [0.25, 0.3) is 0 Å². The molecule has 0 spiro atoms. The number of carbonyl (C=O) groups excluding carboxylic acids is 1. The van der Waals surface area contributed by atoms with Crippen molar-refractivity contribution in [2.24, 2.45) is 0 Å². The molecule has 0 heterocycles. The lowest BCUT2D eigenvalue weighted by molar-refractivity contribution is -0.131. The zero-order chi connectivity index (χ0) is 39.4. The van der Waals surface area contributed by atoms with Gasteiger partial charge in [-0.3, -0.25) is 4.79 Å². The SMILES string of the molecule is CCCCCCCCCCCCCC/C=C\CCCCCCCCCC(O)C(=O)NC(CO)C(O)/C=C/CCCCCCCCCCCCCCCCC. The van der Waals surface area contributed by atoms with Crippen LogP contribution in [-0.2, 0) is 4.79 Å². The lowest BCUT2D eigenvalue weighted by Gasteiger charge is -2.21. The van der Waals surface area contributed by atoms with Crippen LogP contribution in [0.2, 0.25) is 0 Å². The third kappa shape index (κ3) is 39.1. The van der Waals surface area contributed by atoms with Crippen molar-refractivity contribution in [1.29, 1.82) is 0 Å². The van der Waals surface area contributed by atoms with E-state index >= 15 is 0 Å². The monoisotopic (exact) mass is 762 g/mol. The summed E-state index contributed by atoms with van der Waals surface area (Å²) in [5, 5.41) is 33.2. The molecule has 3 atom stereocenters. The standard InChI is InChI=1S/C49H95NO4/c1-3-5-7-9-11-13-15-17-19-21-22-23-24-25-26-28-30-32-34-36-38-40-42-44-48(53)49(54)50-46(45-51)47(52)43-41-39-37-35-33-31-29-27-20-18-16-14-12-10-8-6-4-2/h25-26,41,43,46-48,51-53H,3-24,27-40,42,44-45H2,1-2H3,(H,50,54)/b26-25-,43-41+. The minimum atomic E-state index is -1.10.